The summed E-state index contributed by atoms with van der Waals surface area (Å²) in [7, 11) is 0. The zero-order chi connectivity index (χ0) is 13.2. The molecule has 0 unspecified atom stereocenters. The SMILES string of the molecule is [N-]=[N+]=Nc1ccc(O)c(-c2nc3ccccc3o2)c1. The topological polar surface area (TPSA) is 95.0 Å². The molecule has 0 aliphatic carbocycles. The molecule has 0 saturated heterocycles. The fourth-order valence-electron chi connectivity index (χ4n) is 1.80. The van der Waals surface area contributed by atoms with Crippen molar-refractivity contribution in [2.24, 2.45) is 5.11 Å². The van der Waals surface area contributed by atoms with Crippen molar-refractivity contribution in [3.05, 3.63) is 52.9 Å². The Morgan fingerprint density at radius 3 is 2.84 bits per heavy atom. The number of hydrogen-bond acceptors (Lipinski definition) is 4. The maximum absolute atomic E-state index is 9.85. The summed E-state index contributed by atoms with van der Waals surface area (Å²) in [5.74, 6) is 0.303. The van der Waals surface area contributed by atoms with Gasteiger partial charge in [0.15, 0.2) is 5.58 Å². The van der Waals surface area contributed by atoms with Crippen LogP contribution >= 0.6 is 0 Å². The summed E-state index contributed by atoms with van der Waals surface area (Å²) < 4.78 is 5.56. The highest BCUT2D eigenvalue weighted by atomic mass is 16.3. The van der Waals surface area contributed by atoms with Gasteiger partial charge in [0.2, 0.25) is 5.89 Å². The molecule has 1 heterocycles. The summed E-state index contributed by atoms with van der Waals surface area (Å²) in [6, 6.07) is 11.8. The molecule has 3 aromatic rings. The monoisotopic (exact) mass is 252 g/mol. The van der Waals surface area contributed by atoms with Gasteiger partial charge in [-0.25, -0.2) is 4.98 Å². The number of aromatic hydroxyl groups is 1. The van der Waals surface area contributed by atoms with Gasteiger partial charge in [-0.2, -0.15) is 0 Å². The first kappa shape index (κ1) is 11.1. The van der Waals surface area contributed by atoms with E-state index in [0.717, 1.165) is 0 Å². The van der Waals surface area contributed by atoms with Crippen LogP contribution in [0.2, 0.25) is 0 Å². The van der Waals surface area contributed by atoms with Crippen LogP contribution in [0.25, 0.3) is 33.0 Å². The molecule has 1 aromatic heterocycles. The van der Waals surface area contributed by atoms with Gasteiger partial charge >= 0.3 is 0 Å². The van der Waals surface area contributed by atoms with Gasteiger partial charge in [-0.05, 0) is 35.9 Å². The van der Waals surface area contributed by atoms with Crippen LogP contribution in [0.3, 0.4) is 0 Å². The average Bonchev–Trinajstić information content (AvgIpc) is 2.85. The molecule has 0 aliphatic heterocycles. The van der Waals surface area contributed by atoms with Crippen LogP contribution in [0.5, 0.6) is 5.75 Å². The molecular weight excluding hydrogens is 244 g/mol. The van der Waals surface area contributed by atoms with E-state index in [-0.39, 0.29) is 11.6 Å². The molecule has 0 bridgehead atoms. The Bertz CT molecular complexity index is 770. The van der Waals surface area contributed by atoms with Crippen molar-refractivity contribution >= 4 is 16.8 Å². The van der Waals surface area contributed by atoms with Crippen LogP contribution in [0, 0.1) is 0 Å². The summed E-state index contributed by atoms with van der Waals surface area (Å²) in [6.45, 7) is 0. The lowest BCUT2D eigenvalue weighted by Crippen LogP contribution is -1.78. The van der Waals surface area contributed by atoms with Crippen molar-refractivity contribution in [2.45, 2.75) is 0 Å². The number of hydrogen-bond donors (Lipinski definition) is 1. The minimum Gasteiger partial charge on any atom is -0.507 e. The van der Waals surface area contributed by atoms with E-state index < -0.39 is 0 Å². The minimum atomic E-state index is 0.0171. The molecule has 0 atom stereocenters. The lowest BCUT2D eigenvalue weighted by molar-refractivity contribution is 0.474. The largest absolute Gasteiger partial charge is 0.507 e. The van der Waals surface area contributed by atoms with Gasteiger partial charge in [-0.1, -0.05) is 17.2 Å². The number of phenolic OH excluding ortho intramolecular Hbond substituents is 1. The normalized spacial score (nSPS) is 10.3. The summed E-state index contributed by atoms with van der Waals surface area (Å²) in [4.78, 5) is 6.99. The van der Waals surface area contributed by atoms with Crippen LogP contribution < -0.4 is 0 Å². The maximum atomic E-state index is 9.85. The van der Waals surface area contributed by atoms with Gasteiger partial charge in [-0.15, -0.1) is 0 Å². The molecule has 0 fully saturated rings. The van der Waals surface area contributed by atoms with Crippen molar-refractivity contribution in [3.63, 3.8) is 0 Å². The van der Waals surface area contributed by atoms with Crippen molar-refractivity contribution in [1.29, 1.82) is 0 Å². The molecule has 19 heavy (non-hydrogen) atoms. The smallest absolute Gasteiger partial charge is 0.231 e. The van der Waals surface area contributed by atoms with Crippen LogP contribution in [-0.2, 0) is 0 Å². The van der Waals surface area contributed by atoms with E-state index >= 15 is 0 Å². The zero-order valence-corrected chi connectivity index (χ0v) is 9.69. The zero-order valence-electron chi connectivity index (χ0n) is 9.69. The lowest BCUT2D eigenvalue weighted by Gasteiger charge is -2.00. The van der Waals surface area contributed by atoms with Crippen molar-refractivity contribution < 1.29 is 9.52 Å². The number of fused-ring (bicyclic) bond motifs is 1. The van der Waals surface area contributed by atoms with Gasteiger partial charge in [-0.3, -0.25) is 0 Å². The molecule has 2 aromatic carbocycles. The molecule has 0 aliphatic rings. The Kier molecular flexibility index (Phi) is 2.55. The van der Waals surface area contributed by atoms with Crippen molar-refractivity contribution in [1.82, 2.24) is 4.98 Å². The number of para-hydroxylation sites is 2. The Labute approximate surface area is 107 Å². The van der Waals surface area contributed by atoms with Gasteiger partial charge in [0.25, 0.3) is 0 Å². The maximum Gasteiger partial charge on any atom is 0.231 e. The van der Waals surface area contributed by atoms with Crippen molar-refractivity contribution in [3.8, 4) is 17.2 Å². The number of benzene rings is 2. The van der Waals surface area contributed by atoms with E-state index in [1.54, 1.807) is 6.07 Å². The minimum absolute atomic E-state index is 0.0171. The standard InChI is InChI=1S/C13H8N4O2/c14-17-16-8-5-6-11(18)9(7-8)13-15-10-3-1-2-4-12(10)19-13/h1-7,18H. The fourth-order valence-corrected chi connectivity index (χ4v) is 1.80. The Hall–Kier alpha value is -2.98. The third-order valence-corrected chi connectivity index (χ3v) is 2.66. The molecule has 3 rings (SSSR count). The number of phenols is 1. The molecule has 0 saturated carbocycles. The van der Waals surface area contributed by atoms with E-state index in [0.29, 0.717) is 22.4 Å². The quantitative estimate of drug-likeness (QED) is 0.421. The third-order valence-electron chi connectivity index (χ3n) is 2.66. The first-order chi connectivity index (χ1) is 9.28. The number of rotatable bonds is 2. The first-order valence-electron chi connectivity index (χ1n) is 5.52. The van der Waals surface area contributed by atoms with Crippen molar-refractivity contribution in [2.75, 3.05) is 0 Å². The van der Waals surface area contributed by atoms with Gasteiger partial charge in [0.05, 0.1) is 5.56 Å². The summed E-state index contributed by atoms with van der Waals surface area (Å²) in [6.07, 6.45) is 0. The highest BCUT2D eigenvalue weighted by molar-refractivity contribution is 5.78. The lowest BCUT2D eigenvalue weighted by atomic mass is 10.2. The van der Waals surface area contributed by atoms with Crippen LogP contribution in [0.15, 0.2) is 52.0 Å². The molecule has 1 N–H and O–H groups in total. The predicted octanol–water partition coefficient (Wildman–Crippen LogP) is 4.14. The van der Waals surface area contributed by atoms with Crippen LogP contribution in [0.1, 0.15) is 0 Å². The van der Waals surface area contributed by atoms with Crippen LogP contribution in [-0.4, -0.2) is 10.1 Å². The molecule has 0 radical (unpaired) electrons. The molecule has 6 heteroatoms. The average molecular weight is 252 g/mol. The second-order valence-corrected chi connectivity index (χ2v) is 3.88. The Balaban J connectivity index is 2.19. The van der Waals surface area contributed by atoms with Crippen LogP contribution in [0.4, 0.5) is 5.69 Å². The molecule has 6 nitrogen and oxygen atoms in total. The third kappa shape index (κ3) is 1.96. The fraction of sp³-hybridized carbons (Fsp3) is 0. The summed E-state index contributed by atoms with van der Waals surface area (Å²) >= 11 is 0. The number of nitrogens with zero attached hydrogens (tertiary/aromatic N) is 4. The molecule has 92 valence electrons. The number of oxazole rings is 1. The number of azide groups is 1. The van der Waals surface area contributed by atoms with E-state index in [9.17, 15) is 5.11 Å². The second-order valence-electron chi connectivity index (χ2n) is 3.88. The van der Waals surface area contributed by atoms with E-state index in [2.05, 4.69) is 15.0 Å². The van der Waals surface area contributed by atoms with Gasteiger partial charge in [0, 0.05) is 10.6 Å². The molecule has 0 spiro atoms. The van der Waals surface area contributed by atoms with Gasteiger partial charge in [0.1, 0.15) is 11.3 Å². The van der Waals surface area contributed by atoms with E-state index in [4.69, 9.17) is 9.95 Å². The highest BCUT2D eigenvalue weighted by Gasteiger charge is 2.12. The highest BCUT2D eigenvalue weighted by Crippen LogP contribution is 2.33. The van der Waals surface area contributed by atoms with E-state index in [1.165, 1.54) is 18.2 Å². The van der Waals surface area contributed by atoms with Gasteiger partial charge < -0.3 is 9.52 Å². The Morgan fingerprint density at radius 2 is 2.05 bits per heavy atom. The van der Waals surface area contributed by atoms with E-state index in [1.807, 2.05) is 18.2 Å². The summed E-state index contributed by atoms with van der Waals surface area (Å²) in [5, 5.41) is 13.3. The molecule has 0 amide bonds. The first-order valence-corrected chi connectivity index (χ1v) is 5.52. The Morgan fingerprint density at radius 1 is 1.21 bits per heavy atom. The predicted molar refractivity (Wildman–Crippen MR) is 69.9 cm³/mol. The number of aromatic nitrogens is 1. The second kappa shape index (κ2) is 4.36. The summed E-state index contributed by atoms with van der Waals surface area (Å²) in [5.41, 5.74) is 10.5. The molecular formula is C13H8N4O2.